The highest BCUT2D eigenvalue weighted by Crippen LogP contribution is 2.27. The van der Waals surface area contributed by atoms with Crippen molar-refractivity contribution in [1.82, 2.24) is 0 Å². The Labute approximate surface area is 196 Å². The number of carbonyl (C=O) groups excluding carboxylic acids is 1. The molecule has 0 aromatic heterocycles. The van der Waals surface area contributed by atoms with Crippen LogP contribution in [0.5, 0.6) is 11.5 Å². The van der Waals surface area contributed by atoms with Crippen molar-refractivity contribution >= 4 is 23.5 Å². The molecule has 34 heavy (non-hydrogen) atoms. The summed E-state index contributed by atoms with van der Waals surface area (Å²) < 4.78 is 10.9. The van der Waals surface area contributed by atoms with Gasteiger partial charge in [-0.2, -0.15) is 0 Å². The summed E-state index contributed by atoms with van der Waals surface area (Å²) in [5.41, 5.74) is 1.72. The Hall–Kier alpha value is -4.33. The van der Waals surface area contributed by atoms with Gasteiger partial charge in [-0.1, -0.05) is 30.3 Å². The Morgan fingerprint density at radius 3 is 2.18 bits per heavy atom. The van der Waals surface area contributed by atoms with Gasteiger partial charge in [0.15, 0.2) is 6.61 Å². The fourth-order valence-electron chi connectivity index (χ4n) is 3.18. The average molecular weight is 463 g/mol. The largest absolute Gasteiger partial charge is 0.494 e. The van der Waals surface area contributed by atoms with Crippen LogP contribution in [-0.4, -0.2) is 41.3 Å². The van der Waals surface area contributed by atoms with Crippen LogP contribution in [0, 0.1) is 0 Å². The van der Waals surface area contributed by atoms with Gasteiger partial charge in [-0.15, -0.1) is 0 Å². The first-order valence-electron chi connectivity index (χ1n) is 10.7. The first-order valence-corrected chi connectivity index (χ1v) is 10.7. The summed E-state index contributed by atoms with van der Waals surface area (Å²) in [6, 6.07) is 20.7. The lowest BCUT2D eigenvalue weighted by atomic mass is 10.1. The number of carboxylic acid groups (broad SMARTS) is 2. The number of carbonyl (C=O) groups is 3. The van der Waals surface area contributed by atoms with E-state index in [1.54, 1.807) is 24.3 Å². The molecule has 0 bridgehead atoms. The van der Waals surface area contributed by atoms with E-state index in [4.69, 9.17) is 19.7 Å². The van der Waals surface area contributed by atoms with Crippen molar-refractivity contribution in [2.75, 3.05) is 18.5 Å². The van der Waals surface area contributed by atoms with E-state index in [-0.39, 0.29) is 17.0 Å². The minimum absolute atomic E-state index is 0.0499. The van der Waals surface area contributed by atoms with Crippen molar-refractivity contribution in [3.05, 3.63) is 89.5 Å². The zero-order valence-electron chi connectivity index (χ0n) is 18.4. The minimum atomic E-state index is -1.23. The van der Waals surface area contributed by atoms with Gasteiger partial charge in [0.05, 0.1) is 17.9 Å². The molecular weight excluding hydrogens is 438 g/mol. The number of amides is 1. The third-order valence-corrected chi connectivity index (χ3v) is 4.92. The van der Waals surface area contributed by atoms with Gasteiger partial charge in [0.2, 0.25) is 0 Å². The lowest BCUT2D eigenvalue weighted by Gasteiger charge is -2.13. The molecule has 0 aliphatic carbocycles. The van der Waals surface area contributed by atoms with Crippen LogP contribution >= 0.6 is 0 Å². The van der Waals surface area contributed by atoms with Crippen LogP contribution in [0.2, 0.25) is 0 Å². The van der Waals surface area contributed by atoms with Crippen LogP contribution in [-0.2, 0) is 11.2 Å². The first-order chi connectivity index (χ1) is 16.4. The van der Waals surface area contributed by atoms with Crippen molar-refractivity contribution in [1.29, 1.82) is 0 Å². The number of carboxylic acids is 2. The van der Waals surface area contributed by atoms with Crippen molar-refractivity contribution in [3.63, 3.8) is 0 Å². The van der Waals surface area contributed by atoms with Crippen LogP contribution in [0.15, 0.2) is 72.8 Å². The maximum absolute atomic E-state index is 12.6. The molecule has 176 valence electrons. The molecule has 0 aliphatic heterocycles. The molecule has 8 nitrogen and oxygen atoms in total. The van der Waals surface area contributed by atoms with E-state index in [9.17, 15) is 14.4 Å². The molecule has 0 spiro atoms. The molecule has 1 amide bonds. The molecule has 3 aromatic rings. The second-order valence-corrected chi connectivity index (χ2v) is 7.47. The van der Waals surface area contributed by atoms with E-state index >= 15 is 0 Å². The number of ether oxygens (including phenoxy) is 2. The highest BCUT2D eigenvalue weighted by atomic mass is 16.5. The standard InChI is InChI=1S/C26H25NO7/c28-24(29)17-34-23-16-20(26(31)32)11-14-22(23)27-25(30)19-9-12-21(13-10-19)33-15-5-4-8-18-6-2-1-3-7-18/h1-3,6-7,9-14,16H,4-5,8,15,17H2,(H,27,30)(H,28,29)(H,31,32). The Bertz CT molecular complexity index is 1130. The predicted molar refractivity (Wildman–Crippen MR) is 126 cm³/mol. The fourth-order valence-corrected chi connectivity index (χ4v) is 3.18. The molecule has 0 aliphatic rings. The van der Waals surface area contributed by atoms with E-state index in [0.717, 1.165) is 25.3 Å². The summed E-state index contributed by atoms with van der Waals surface area (Å²) in [6.07, 6.45) is 2.91. The van der Waals surface area contributed by atoms with Gasteiger partial charge in [-0.3, -0.25) is 4.79 Å². The van der Waals surface area contributed by atoms with Gasteiger partial charge < -0.3 is 25.0 Å². The third kappa shape index (κ3) is 7.37. The van der Waals surface area contributed by atoms with E-state index in [1.165, 1.54) is 17.7 Å². The lowest BCUT2D eigenvalue weighted by Crippen LogP contribution is -2.15. The molecule has 0 saturated carbocycles. The van der Waals surface area contributed by atoms with Crippen LogP contribution in [0.3, 0.4) is 0 Å². The van der Waals surface area contributed by atoms with Gasteiger partial charge >= 0.3 is 11.9 Å². The summed E-state index contributed by atoms with van der Waals surface area (Å²) in [6.45, 7) is -0.109. The van der Waals surface area contributed by atoms with E-state index in [1.807, 2.05) is 18.2 Å². The second kappa shape index (κ2) is 12.1. The van der Waals surface area contributed by atoms with Crippen molar-refractivity contribution in [2.45, 2.75) is 19.3 Å². The monoisotopic (exact) mass is 463 g/mol. The molecule has 0 heterocycles. The quantitative estimate of drug-likeness (QED) is 0.338. The molecule has 0 radical (unpaired) electrons. The predicted octanol–water partition coefficient (Wildman–Crippen LogP) is 4.50. The molecular formula is C26H25NO7. The Morgan fingerprint density at radius 2 is 1.50 bits per heavy atom. The Balaban J connectivity index is 1.53. The number of nitrogens with one attached hydrogen (secondary N) is 1. The number of unbranched alkanes of at least 4 members (excludes halogenated alkanes) is 1. The van der Waals surface area contributed by atoms with Crippen LogP contribution in [0.25, 0.3) is 0 Å². The minimum Gasteiger partial charge on any atom is -0.494 e. The number of aromatic carboxylic acids is 1. The Kier molecular flexibility index (Phi) is 8.62. The third-order valence-electron chi connectivity index (χ3n) is 4.92. The van der Waals surface area contributed by atoms with Crippen molar-refractivity contribution < 1.29 is 34.1 Å². The van der Waals surface area contributed by atoms with E-state index in [2.05, 4.69) is 17.4 Å². The zero-order valence-corrected chi connectivity index (χ0v) is 18.4. The fraction of sp³-hybridized carbons (Fsp3) is 0.192. The van der Waals surface area contributed by atoms with Crippen LogP contribution < -0.4 is 14.8 Å². The number of rotatable bonds is 12. The highest BCUT2D eigenvalue weighted by molar-refractivity contribution is 6.05. The van der Waals surface area contributed by atoms with Crippen molar-refractivity contribution in [3.8, 4) is 11.5 Å². The van der Waals surface area contributed by atoms with Gasteiger partial charge in [-0.05, 0) is 67.3 Å². The van der Waals surface area contributed by atoms with Crippen LogP contribution in [0.4, 0.5) is 5.69 Å². The van der Waals surface area contributed by atoms with Gasteiger partial charge in [0, 0.05) is 5.56 Å². The number of hydrogen-bond acceptors (Lipinski definition) is 5. The molecule has 3 aromatic carbocycles. The number of benzene rings is 3. The molecule has 0 fully saturated rings. The van der Waals surface area contributed by atoms with Gasteiger partial charge in [0.25, 0.3) is 5.91 Å². The van der Waals surface area contributed by atoms with E-state index < -0.39 is 24.5 Å². The number of aliphatic carboxylic acids is 1. The molecule has 0 saturated heterocycles. The van der Waals surface area contributed by atoms with Gasteiger partial charge in [-0.25, -0.2) is 9.59 Å². The second-order valence-electron chi connectivity index (χ2n) is 7.47. The van der Waals surface area contributed by atoms with Crippen LogP contribution in [0.1, 0.15) is 39.1 Å². The normalized spacial score (nSPS) is 10.4. The molecule has 3 rings (SSSR count). The topological polar surface area (TPSA) is 122 Å². The molecule has 8 heteroatoms. The summed E-state index contributed by atoms with van der Waals surface area (Å²) in [4.78, 5) is 34.6. The number of aryl methyl sites for hydroxylation is 1. The number of hydrogen-bond donors (Lipinski definition) is 3. The smallest absolute Gasteiger partial charge is 0.341 e. The molecule has 0 unspecified atom stereocenters. The highest BCUT2D eigenvalue weighted by Gasteiger charge is 2.14. The molecule has 3 N–H and O–H groups in total. The summed E-state index contributed by atoms with van der Waals surface area (Å²) in [5, 5.41) is 20.6. The number of anilines is 1. The summed E-state index contributed by atoms with van der Waals surface area (Å²) in [5.74, 6) is -2.29. The molecule has 0 atom stereocenters. The van der Waals surface area contributed by atoms with E-state index in [0.29, 0.717) is 17.9 Å². The Morgan fingerprint density at radius 1 is 0.794 bits per heavy atom. The summed E-state index contributed by atoms with van der Waals surface area (Å²) >= 11 is 0. The SMILES string of the molecule is O=C(O)COc1cc(C(=O)O)ccc1NC(=O)c1ccc(OCCCCc2ccccc2)cc1. The summed E-state index contributed by atoms with van der Waals surface area (Å²) in [7, 11) is 0. The van der Waals surface area contributed by atoms with Crippen molar-refractivity contribution in [2.24, 2.45) is 0 Å². The maximum atomic E-state index is 12.6. The first kappa shape index (κ1) is 24.3. The average Bonchev–Trinajstić information content (AvgIpc) is 2.84. The maximum Gasteiger partial charge on any atom is 0.341 e. The lowest BCUT2D eigenvalue weighted by molar-refractivity contribution is -0.139. The van der Waals surface area contributed by atoms with Gasteiger partial charge in [0.1, 0.15) is 11.5 Å². The zero-order chi connectivity index (χ0) is 24.3.